The monoisotopic (exact) mass is 375 g/mol. The Hall–Kier alpha value is -2.18. The van der Waals surface area contributed by atoms with Gasteiger partial charge in [-0.05, 0) is 55.0 Å². The molecule has 0 saturated heterocycles. The number of nitrogens with zero attached hydrogens (tertiary/aromatic N) is 2. The summed E-state index contributed by atoms with van der Waals surface area (Å²) >= 11 is 1.77. The molecule has 1 unspecified atom stereocenters. The number of halogens is 1. The smallest absolute Gasteiger partial charge is 0.335 e. The van der Waals surface area contributed by atoms with Crippen LogP contribution in [0, 0.1) is 5.92 Å². The minimum atomic E-state index is -0.924. The van der Waals surface area contributed by atoms with E-state index >= 15 is 0 Å². The molecule has 7 heteroatoms. The molecule has 0 amide bonds. The van der Waals surface area contributed by atoms with Gasteiger partial charge in [0.1, 0.15) is 17.0 Å². The lowest BCUT2D eigenvalue weighted by atomic mass is 9.89. The van der Waals surface area contributed by atoms with Crippen molar-refractivity contribution in [1.82, 2.24) is 9.97 Å². The molecule has 1 aromatic carbocycles. The number of benzene rings is 1. The molecule has 0 aliphatic heterocycles. The van der Waals surface area contributed by atoms with E-state index in [0.717, 1.165) is 40.5 Å². The predicted octanol–water partition coefficient (Wildman–Crippen LogP) is 4.68. The van der Waals surface area contributed by atoms with Crippen LogP contribution in [0.2, 0.25) is 0 Å². The molecule has 0 fully saturated rings. The van der Waals surface area contributed by atoms with E-state index in [0.29, 0.717) is 0 Å². The van der Waals surface area contributed by atoms with Gasteiger partial charge < -0.3 is 10.4 Å². The number of aromatic nitrogens is 2. The SMILES string of the molecule is CC1CCc2c(sc3ncnc(Nc4ccc(C(=O)O)cc4)c23)C1.Cl. The Morgan fingerprint density at radius 3 is 2.76 bits per heavy atom. The number of fused-ring (bicyclic) bond motifs is 3. The summed E-state index contributed by atoms with van der Waals surface area (Å²) in [5.41, 5.74) is 2.47. The molecule has 2 aromatic heterocycles. The Balaban J connectivity index is 0.00000182. The normalized spacial score (nSPS) is 16.1. The fraction of sp³-hybridized carbons (Fsp3) is 0.278. The zero-order valence-corrected chi connectivity index (χ0v) is 15.3. The third-order valence-corrected chi connectivity index (χ3v) is 5.65. The number of aromatic carboxylic acids is 1. The maximum Gasteiger partial charge on any atom is 0.335 e. The second-order valence-corrected chi connectivity index (χ2v) is 7.35. The first-order valence-corrected chi connectivity index (χ1v) is 8.79. The number of carboxylic acid groups (broad SMARTS) is 1. The molecule has 0 spiro atoms. The van der Waals surface area contributed by atoms with Crippen LogP contribution in [0.3, 0.4) is 0 Å². The largest absolute Gasteiger partial charge is 0.478 e. The Morgan fingerprint density at radius 2 is 2.04 bits per heavy atom. The number of thiophene rings is 1. The molecule has 5 nitrogen and oxygen atoms in total. The van der Waals surface area contributed by atoms with Crippen LogP contribution in [0.5, 0.6) is 0 Å². The molecule has 0 saturated carbocycles. The topological polar surface area (TPSA) is 75.1 Å². The lowest BCUT2D eigenvalue weighted by Gasteiger charge is -2.18. The van der Waals surface area contributed by atoms with Crippen molar-refractivity contribution >= 4 is 51.4 Å². The number of nitrogens with one attached hydrogen (secondary N) is 1. The van der Waals surface area contributed by atoms with Crippen LogP contribution in [0.4, 0.5) is 11.5 Å². The second kappa shape index (κ2) is 6.98. The molecule has 4 rings (SSSR count). The van der Waals surface area contributed by atoms with E-state index < -0.39 is 5.97 Å². The van der Waals surface area contributed by atoms with Crippen molar-refractivity contribution in [2.24, 2.45) is 5.92 Å². The van der Waals surface area contributed by atoms with Crippen LogP contribution < -0.4 is 5.32 Å². The van der Waals surface area contributed by atoms with Crippen molar-refractivity contribution < 1.29 is 9.90 Å². The number of carbonyl (C=O) groups is 1. The average Bonchev–Trinajstić information content (AvgIpc) is 2.93. The Bertz CT molecular complexity index is 924. The molecule has 2 N–H and O–H groups in total. The number of aryl methyl sites for hydroxylation is 1. The molecule has 0 radical (unpaired) electrons. The number of anilines is 2. The highest BCUT2D eigenvalue weighted by Crippen LogP contribution is 2.40. The van der Waals surface area contributed by atoms with Crippen LogP contribution in [0.1, 0.15) is 34.1 Å². The van der Waals surface area contributed by atoms with Gasteiger partial charge in [0.2, 0.25) is 0 Å². The first-order chi connectivity index (χ1) is 11.6. The Labute approximate surface area is 155 Å². The lowest BCUT2D eigenvalue weighted by Crippen LogP contribution is -2.09. The van der Waals surface area contributed by atoms with Crippen molar-refractivity contribution in [3.63, 3.8) is 0 Å². The summed E-state index contributed by atoms with van der Waals surface area (Å²) in [6.45, 7) is 2.29. The van der Waals surface area contributed by atoms with E-state index in [1.54, 1.807) is 41.9 Å². The molecular formula is C18H18ClN3O2S. The third-order valence-electron chi connectivity index (χ3n) is 4.49. The van der Waals surface area contributed by atoms with Crippen molar-refractivity contribution in [3.8, 4) is 0 Å². The Kier molecular flexibility index (Phi) is 4.92. The van der Waals surface area contributed by atoms with E-state index in [1.165, 1.54) is 16.9 Å². The minimum Gasteiger partial charge on any atom is -0.478 e. The first kappa shape index (κ1) is 17.6. The summed E-state index contributed by atoms with van der Waals surface area (Å²) in [7, 11) is 0. The standard InChI is InChI=1S/C18H17N3O2S.ClH/c1-10-2-7-13-14(8-10)24-17-15(13)16(19-9-20-17)21-12-5-3-11(4-6-12)18(22)23;/h3-6,9-10H,2,7-8H2,1H3,(H,22,23)(H,19,20,21);1H. The summed E-state index contributed by atoms with van der Waals surface area (Å²) in [5, 5.41) is 13.4. The highest BCUT2D eigenvalue weighted by atomic mass is 35.5. The van der Waals surface area contributed by atoms with Gasteiger partial charge in [-0.2, -0.15) is 0 Å². The lowest BCUT2D eigenvalue weighted by molar-refractivity contribution is 0.0697. The molecule has 1 aliphatic carbocycles. The van der Waals surface area contributed by atoms with Gasteiger partial charge in [-0.25, -0.2) is 14.8 Å². The number of hydrogen-bond donors (Lipinski definition) is 2. The highest BCUT2D eigenvalue weighted by molar-refractivity contribution is 7.19. The minimum absolute atomic E-state index is 0. The molecule has 130 valence electrons. The van der Waals surface area contributed by atoms with Crippen molar-refractivity contribution in [1.29, 1.82) is 0 Å². The van der Waals surface area contributed by atoms with Gasteiger partial charge in [-0.1, -0.05) is 6.92 Å². The van der Waals surface area contributed by atoms with Crippen LogP contribution in [0.25, 0.3) is 10.2 Å². The maximum atomic E-state index is 11.0. The van der Waals surface area contributed by atoms with E-state index in [2.05, 4.69) is 22.2 Å². The van der Waals surface area contributed by atoms with E-state index in [9.17, 15) is 4.79 Å². The molecule has 2 heterocycles. The van der Waals surface area contributed by atoms with E-state index in [1.807, 2.05) is 0 Å². The zero-order valence-electron chi connectivity index (χ0n) is 13.7. The number of carboxylic acids is 1. The average molecular weight is 376 g/mol. The molecule has 25 heavy (non-hydrogen) atoms. The molecular weight excluding hydrogens is 358 g/mol. The van der Waals surface area contributed by atoms with Crippen molar-refractivity contribution in [2.75, 3.05) is 5.32 Å². The fourth-order valence-electron chi connectivity index (χ4n) is 3.20. The van der Waals surface area contributed by atoms with Crippen LogP contribution in [0.15, 0.2) is 30.6 Å². The maximum absolute atomic E-state index is 11.0. The summed E-state index contributed by atoms with van der Waals surface area (Å²) in [4.78, 5) is 22.3. The number of hydrogen-bond acceptors (Lipinski definition) is 5. The molecule has 1 atom stereocenters. The quantitative estimate of drug-likeness (QED) is 0.695. The fourth-order valence-corrected chi connectivity index (χ4v) is 4.55. The van der Waals surface area contributed by atoms with Gasteiger partial charge in [-0.15, -0.1) is 23.7 Å². The third kappa shape index (κ3) is 3.32. The van der Waals surface area contributed by atoms with Crippen molar-refractivity contribution in [3.05, 3.63) is 46.6 Å². The Morgan fingerprint density at radius 1 is 1.28 bits per heavy atom. The summed E-state index contributed by atoms with van der Waals surface area (Å²) < 4.78 is 0. The summed E-state index contributed by atoms with van der Waals surface area (Å²) in [6, 6.07) is 6.71. The van der Waals surface area contributed by atoms with Gasteiger partial charge >= 0.3 is 5.97 Å². The predicted molar refractivity (Wildman–Crippen MR) is 103 cm³/mol. The first-order valence-electron chi connectivity index (χ1n) is 7.97. The highest BCUT2D eigenvalue weighted by Gasteiger charge is 2.23. The van der Waals surface area contributed by atoms with E-state index in [4.69, 9.17) is 5.11 Å². The number of rotatable bonds is 3. The molecule has 0 bridgehead atoms. The molecule has 1 aliphatic rings. The van der Waals surface area contributed by atoms with Gasteiger partial charge in [-0.3, -0.25) is 0 Å². The second-order valence-electron chi connectivity index (χ2n) is 6.26. The van der Waals surface area contributed by atoms with Crippen LogP contribution in [-0.2, 0) is 12.8 Å². The van der Waals surface area contributed by atoms with E-state index in [-0.39, 0.29) is 18.0 Å². The zero-order chi connectivity index (χ0) is 16.7. The van der Waals surface area contributed by atoms with Gasteiger partial charge in [0.15, 0.2) is 0 Å². The summed E-state index contributed by atoms with van der Waals surface area (Å²) in [5.74, 6) is 0.598. The van der Waals surface area contributed by atoms with Crippen molar-refractivity contribution in [2.45, 2.75) is 26.2 Å². The summed E-state index contributed by atoms with van der Waals surface area (Å²) in [6.07, 6.45) is 4.96. The van der Waals surface area contributed by atoms with Crippen LogP contribution >= 0.6 is 23.7 Å². The van der Waals surface area contributed by atoms with Gasteiger partial charge in [0.25, 0.3) is 0 Å². The van der Waals surface area contributed by atoms with Gasteiger partial charge in [0.05, 0.1) is 10.9 Å². The molecule has 3 aromatic rings. The van der Waals surface area contributed by atoms with Gasteiger partial charge in [0, 0.05) is 10.6 Å². The van der Waals surface area contributed by atoms with Crippen LogP contribution in [-0.4, -0.2) is 21.0 Å².